The number of hydrogen-bond donors (Lipinski definition) is 2. The minimum atomic E-state index is 0.144. The van der Waals surface area contributed by atoms with Crippen LogP contribution in [0, 0.1) is 0 Å². The van der Waals surface area contributed by atoms with Crippen molar-refractivity contribution in [3.8, 4) is 0 Å². The van der Waals surface area contributed by atoms with Crippen LogP contribution in [-0.4, -0.2) is 24.1 Å². The lowest BCUT2D eigenvalue weighted by molar-refractivity contribution is 0.318. The van der Waals surface area contributed by atoms with Gasteiger partial charge in [-0.25, -0.2) is 0 Å². The van der Waals surface area contributed by atoms with E-state index < -0.39 is 0 Å². The van der Waals surface area contributed by atoms with Crippen LogP contribution in [0.25, 0.3) is 0 Å². The number of amidine groups is 1. The van der Waals surface area contributed by atoms with E-state index in [0.717, 1.165) is 17.7 Å². The molecule has 1 rings (SSSR count). The highest BCUT2D eigenvalue weighted by molar-refractivity contribution is 6.02. The molecule has 1 aromatic rings. The summed E-state index contributed by atoms with van der Waals surface area (Å²) >= 11 is 0. The van der Waals surface area contributed by atoms with Crippen LogP contribution in [0.5, 0.6) is 0 Å². The third kappa shape index (κ3) is 2.45. The van der Waals surface area contributed by atoms with Gasteiger partial charge in [-0.2, -0.15) is 0 Å². The van der Waals surface area contributed by atoms with E-state index in [1.165, 1.54) is 0 Å². The van der Waals surface area contributed by atoms with Crippen LogP contribution in [-0.2, 0) is 0 Å². The molecule has 0 saturated heterocycles. The predicted molar refractivity (Wildman–Crippen MR) is 67.1 cm³/mol. The molecule has 0 amide bonds. The van der Waals surface area contributed by atoms with Gasteiger partial charge in [0, 0.05) is 24.3 Å². The van der Waals surface area contributed by atoms with E-state index in [1.54, 1.807) is 0 Å². The first kappa shape index (κ1) is 12.4. The van der Waals surface area contributed by atoms with Gasteiger partial charge in [-0.05, 0) is 25.5 Å². The maximum absolute atomic E-state index is 8.73. The monoisotopic (exact) mass is 221 g/mol. The van der Waals surface area contributed by atoms with Crippen LogP contribution in [0.1, 0.15) is 25.8 Å². The van der Waals surface area contributed by atoms with Gasteiger partial charge in [0.05, 0.1) is 0 Å². The summed E-state index contributed by atoms with van der Waals surface area (Å²) in [5.41, 5.74) is 7.38. The van der Waals surface area contributed by atoms with Gasteiger partial charge in [-0.15, -0.1) is 0 Å². The molecule has 0 aromatic heterocycles. The van der Waals surface area contributed by atoms with Crippen molar-refractivity contribution in [1.29, 1.82) is 0 Å². The van der Waals surface area contributed by atoms with Crippen LogP contribution in [0.15, 0.2) is 29.4 Å². The summed E-state index contributed by atoms with van der Waals surface area (Å²) < 4.78 is 0. The van der Waals surface area contributed by atoms with Gasteiger partial charge in [0.25, 0.3) is 0 Å². The van der Waals surface area contributed by atoms with Gasteiger partial charge in [0.1, 0.15) is 0 Å². The third-order valence-corrected chi connectivity index (χ3v) is 2.92. The molecule has 1 aromatic carbocycles. The molecule has 0 bridgehead atoms. The Morgan fingerprint density at radius 1 is 1.50 bits per heavy atom. The molecule has 0 aliphatic carbocycles. The van der Waals surface area contributed by atoms with Crippen LogP contribution in [0.3, 0.4) is 0 Å². The van der Waals surface area contributed by atoms with Crippen molar-refractivity contribution in [2.45, 2.75) is 26.3 Å². The molecule has 3 N–H and O–H groups in total. The molecule has 0 spiro atoms. The first-order valence-electron chi connectivity index (χ1n) is 5.41. The molecule has 0 radical (unpaired) electrons. The second-order valence-electron chi connectivity index (χ2n) is 3.87. The Hall–Kier alpha value is -1.71. The summed E-state index contributed by atoms with van der Waals surface area (Å²) in [6.07, 6.45) is 1.04. The maximum Gasteiger partial charge on any atom is 0.172 e. The van der Waals surface area contributed by atoms with Gasteiger partial charge in [0.2, 0.25) is 0 Å². The van der Waals surface area contributed by atoms with Crippen LogP contribution >= 0.6 is 0 Å². The molecular formula is C12H19N3O. The molecule has 1 atom stereocenters. The fourth-order valence-electron chi connectivity index (χ4n) is 1.56. The Labute approximate surface area is 96.4 Å². The number of oxime groups is 1. The summed E-state index contributed by atoms with van der Waals surface area (Å²) in [6.45, 7) is 4.27. The lowest BCUT2D eigenvalue weighted by atomic mass is 10.1. The van der Waals surface area contributed by atoms with Crippen LogP contribution in [0.4, 0.5) is 5.69 Å². The van der Waals surface area contributed by atoms with Crippen LogP contribution in [0.2, 0.25) is 0 Å². The number of nitrogens with zero attached hydrogens (tertiary/aromatic N) is 2. The van der Waals surface area contributed by atoms with Crippen molar-refractivity contribution in [3.63, 3.8) is 0 Å². The number of benzene rings is 1. The summed E-state index contributed by atoms with van der Waals surface area (Å²) in [5.74, 6) is 0.144. The Morgan fingerprint density at radius 3 is 2.69 bits per heavy atom. The lowest BCUT2D eigenvalue weighted by Gasteiger charge is -2.27. The zero-order valence-corrected chi connectivity index (χ0v) is 10.0. The van der Waals surface area contributed by atoms with Crippen molar-refractivity contribution in [2.24, 2.45) is 10.9 Å². The molecule has 88 valence electrons. The zero-order chi connectivity index (χ0) is 12.1. The highest BCUT2D eigenvalue weighted by atomic mass is 16.4. The quantitative estimate of drug-likeness (QED) is 0.354. The number of nitrogens with two attached hydrogens (primary N) is 1. The highest BCUT2D eigenvalue weighted by Gasteiger charge is 2.13. The molecule has 0 aliphatic rings. The van der Waals surface area contributed by atoms with Gasteiger partial charge in [-0.3, -0.25) is 0 Å². The number of para-hydroxylation sites is 1. The van der Waals surface area contributed by atoms with Crippen molar-refractivity contribution in [1.82, 2.24) is 0 Å². The van der Waals surface area contributed by atoms with Crippen molar-refractivity contribution in [2.75, 3.05) is 11.9 Å². The smallest absolute Gasteiger partial charge is 0.172 e. The molecule has 0 fully saturated rings. The Bertz CT molecular complexity index is 376. The Balaban J connectivity index is 3.13. The normalized spacial score (nSPS) is 13.6. The van der Waals surface area contributed by atoms with E-state index in [2.05, 4.69) is 23.9 Å². The highest BCUT2D eigenvalue weighted by Crippen LogP contribution is 2.21. The predicted octanol–water partition coefficient (Wildman–Crippen LogP) is 2.02. The number of rotatable bonds is 4. The van der Waals surface area contributed by atoms with E-state index in [-0.39, 0.29) is 5.84 Å². The first-order chi connectivity index (χ1) is 7.61. The van der Waals surface area contributed by atoms with Gasteiger partial charge >= 0.3 is 0 Å². The molecule has 0 aliphatic heterocycles. The van der Waals surface area contributed by atoms with E-state index in [9.17, 15) is 0 Å². The summed E-state index contributed by atoms with van der Waals surface area (Å²) in [6, 6.07) is 8.06. The van der Waals surface area contributed by atoms with Gasteiger partial charge < -0.3 is 15.8 Å². The number of anilines is 1. The fraction of sp³-hybridized carbons (Fsp3) is 0.417. The van der Waals surface area contributed by atoms with E-state index >= 15 is 0 Å². The molecule has 0 heterocycles. The average Bonchev–Trinajstić information content (AvgIpc) is 2.35. The standard InChI is InChI=1S/C12H19N3O/c1-4-9(2)15(3)11-8-6-5-7-10(11)12(13)14-16/h5-9,16H,4H2,1-3H3,(H2,13,14). The van der Waals surface area contributed by atoms with Crippen molar-refractivity contribution < 1.29 is 5.21 Å². The van der Waals surface area contributed by atoms with E-state index in [4.69, 9.17) is 10.9 Å². The molecule has 1 unspecified atom stereocenters. The second-order valence-corrected chi connectivity index (χ2v) is 3.87. The largest absolute Gasteiger partial charge is 0.409 e. The molecule has 4 heteroatoms. The molecule has 4 nitrogen and oxygen atoms in total. The molecule has 0 saturated carbocycles. The molecular weight excluding hydrogens is 202 g/mol. The fourth-order valence-corrected chi connectivity index (χ4v) is 1.56. The van der Waals surface area contributed by atoms with Crippen LogP contribution < -0.4 is 10.6 Å². The lowest BCUT2D eigenvalue weighted by Crippen LogP contribution is -2.30. The topological polar surface area (TPSA) is 61.8 Å². The Kier molecular flexibility index (Phi) is 4.17. The minimum Gasteiger partial charge on any atom is -0.409 e. The third-order valence-electron chi connectivity index (χ3n) is 2.92. The number of hydrogen-bond acceptors (Lipinski definition) is 3. The minimum absolute atomic E-state index is 0.144. The molecule has 16 heavy (non-hydrogen) atoms. The van der Waals surface area contributed by atoms with Gasteiger partial charge in [0.15, 0.2) is 5.84 Å². The summed E-state index contributed by atoms with van der Waals surface area (Å²) in [7, 11) is 2.01. The average molecular weight is 221 g/mol. The first-order valence-corrected chi connectivity index (χ1v) is 5.41. The van der Waals surface area contributed by atoms with E-state index in [0.29, 0.717) is 6.04 Å². The van der Waals surface area contributed by atoms with Gasteiger partial charge in [-0.1, -0.05) is 24.2 Å². The SMILES string of the molecule is CCC(C)N(C)c1ccccc1/C(N)=N/O. The second kappa shape index (κ2) is 5.39. The van der Waals surface area contributed by atoms with Crippen molar-refractivity contribution >= 4 is 11.5 Å². The summed E-state index contributed by atoms with van der Waals surface area (Å²) in [5, 5.41) is 11.8. The summed E-state index contributed by atoms with van der Waals surface area (Å²) in [4.78, 5) is 2.13. The van der Waals surface area contributed by atoms with Crippen molar-refractivity contribution in [3.05, 3.63) is 29.8 Å². The zero-order valence-electron chi connectivity index (χ0n) is 10.0. The van der Waals surface area contributed by atoms with E-state index in [1.807, 2.05) is 31.3 Å². The maximum atomic E-state index is 8.73. The Morgan fingerprint density at radius 2 is 2.12 bits per heavy atom.